The number of benzene rings is 1. The van der Waals surface area contributed by atoms with Gasteiger partial charge in [-0.3, -0.25) is 4.99 Å². The Morgan fingerprint density at radius 1 is 1.39 bits per heavy atom. The maximum Gasteiger partial charge on any atom is 0.149 e. The van der Waals surface area contributed by atoms with Crippen LogP contribution in [0.15, 0.2) is 35.3 Å². The van der Waals surface area contributed by atoms with Crippen LogP contribution in [0, 0.1) is 5.82 Å². The average molecular weight is 247 g/mol. The molecule has 1 aromatic carbocycles. The summed E-state index contributed by atoms with van der Waals surface area (Å²) in [6.45, 7) is 12.0. The number of allylic oxidation sites excluding steroid dienone is 1. The van der Waals surface area contributed by atoms with E-state index < -0.39 is 0 Å². The predicted molar refractivity (Wildman–Crippen MR) is 77.3 cm³/mol. The first-order valence-corrected chi connectivity index (χ1v) is 6.42. The van der Waals surface area contributed by atoms with Gasteiger partial charge in [0.15, 0.2) is 0 Å². The van der Waals surface area contributed by atoms with E-state index in [9.17, 15) is 4.39 Å². The quantitative estimate of drug-likeness (QED) is 0.488. The molecule has 0 aliphatic rings. The fraction of sp³-hybridized carbons (Fsp3) is 0.438. The van der Waals surface area contributed by atoms with E-state index in [0.29, 0.717) is 5.69 Å². The van der Waals surface area contributed by atoms with E-state index in [0.717, 1.165) is 24.1 Å². The van der Waals surface area contributed by atoms with Gasteiger partial charge in [0, 0.05) is 5.71 Å². The molecular formula is C16H22FN. The van der Waals surface area contributed by atoms with Crippen LogP contribution in [0.1, 0.15) is 52.0 Å². The van der Waals surface area contributed by atoms with Crippen LogP contribution in [-0.4, -0.2) is 5.71 Å². The molecule has 0 heterocycles. The maximum atomic E-state index is 13.9. The van der Waals surface area contributed by atoms with Crippen molar-refractivity contribution in [3.63, 3.8) is 0 Å². The maximum absolute atomic E-state index is 13.9. The van der Waals surface area contributed by atoms with Crippen molar-refractivity contribution in [2.75, 3.05) is 0 Å². The minimum absolute atomic E-state index is 0.242. The summed E-state index contributed by atoms with van der Waals surface area (Å²) in [6.07, 6.45) is 1.84. The van der Waals surface area contributed by atoms with Gasteiger partial charge in [-0.1, -0.05) is 38.1 Å². The molecule has 0 saturated carbocycles. The standard InChI is InChI=1S/C16H22FN/c1-6-12(4)10-13(5)14-8-7-9-15(17)16(14)18-11(2)3/h7-9,13H,4,6,10H2,1-3,5H3. The fourth-order valence-electron chi connectivity index (χ4n) is 1.96. The van der Waals surface area contributed by atoms with Crippen molar-refractivity contribution in [3.05, 3.63) is 41.7 Å². The van der Waals surface area contributed by atoms with Crippen LogP contribution in [0.4, 0.5) is 10.1 Å². The van der Waals surface area contributed by atoms with Gasteiger partial charge in [0.05, 0.1) is 0 Å². The molecule has 0 saturated heterocycles. The Labute approximate surface area is 109 Å². The smallest absolute Gasteiger partial charge is 0.149 e. The van der Waals surface area contributed by atoms with Crippen molar-refractivity contribution in [1.29, 1.82) is 0 Å². The fourth-order valence-corrected chi connectivity index (χ4v) is 1.96. The number of hydrogen-bond acceptors (Lipinski definition) is 1. The van der Waals surface area contributed by atoms with Crippen LogP contribution in [-0.2, 0) is 0 Å². The second-order valence-corrected chi connectivity index (χ2v) is 4.95. The molecule has 1 atom stereocenters. The van der Waals surface area contributed by atoms with Gasteiger partial charge < -0.3 is 0 Å². The van der Waals surface area contributed by atoms with Crippen LogP contribution in [0.5, 0.6) is 0 Å². The number of hydrogen-bond donors (Lipinski definition) is 0. The summed E-state index contributed by atoms with van der Waals surface area (Å²) in [7, 11) is 0. The van der Waals surface area contributed by atoms with Crippen LogP contribution in [0.2, 0.25) is 0 Å². The molecule has 0 fully saturated rings. The van der Waals surface area contributed by atoms with E-state index >= 15 is 0 Å². The van der Waals surface area contributed by atoms with Crippen molar-refractivity contribution in [1.82, 2.24) is 0 Å². The molecule has 0 bridgehead atoms. The average Bonchev–Trinajstić information content (AvgIpc) is 2.30. The van der Waals surface area contributed by atoms with E-state index in [1.807, 2.05) is 19.9 Å². The summed E-state index contributed by atoms with van der Waals surface area (Å²) >= 11 is 0. The summed E-state index contributed by atoms with van der Waals surface area (Å²) in [4.78, 5) is 4.33. The van der Waals surface area contributed by atoms with Gasteiger partial charge in [-0.05, 0) is 44.2 Å². The SMILES string of the molecule is C=C(CC)CC(C)c1cccc(F)c1N=C(C)C. The highest BCUT2D eigenvalue weighted by atomic mass is 19.1. The zero-order valence-corrected chi connectivity index (χ0v) is 11.8. The van der Waals surface area contributed by atoms with Crippen molar-refractivity contribution < 1.29 is 4.39 Å². The molecule has 0 aliphatic heterocycles. The zero-order valence-electron chi connectivity index (χ0n) is 11.8. The molecule has 18 heavy (non-hydrogen) atoms. The molecule has 0 N–H and O–H groups in total. The van der Waals surface area contributed by atoms with Gasteiger partial charge in [-0.25, -0.2) is 4.39 Å². The highest BCUT2D eigenvalue weighted by Gasteiger charge is 2.14. The predicted octanol–water partition coefficient (Wildman–Crippen LogP) is 5.40. The Bertz CT molecular complexity index is 456. The number of para-hydroxylation sites is 1. The second-order valence-electron chi connectivity index (χ2n) is 4.95. The van der Waals surface area contributed by atoms with Crippen LogP contribution in [0.25, 0.3) is 0 Å². The van der Waals surface area contributed by atoms with Crippen molar-refractivity contribution in [2.24, 2.45) is 4.99 Å². The monoisotopic (exact) mass is 247 g/mol. The van der Waals surface area contributed by atoms with Gasteiger partial charge in [-0.2, -0.15) is 0 Å². The van der Waals surface area contributed by atoms with E-state index in [-0.39, 0.29) is 11.7 Å². The molecule has 0 aromatic heterocycles. The zero-order chi connectivity index (χ0) is 13.7. The number of halogens is 1. The summed E-state index contributed by atoms with van der Waals surface area (Å²) in [5.41, 5.74) is 3.50. The second kappa shape index (κ2) is 6.48. The minimum Gasteiger partial charge on any atom is -0.255 e. The summed E-state index contributed by atoms with van der Waals surface area (Å²) in [5.74, 6) is -0.00564. The topological polar surface area (TPSA) is 12.4 Å². The molecular weight excluding hydrogens is 225 g/mol. The molecule has 1 nitrogen and oxygen atoms in total. The van der Waals surface area contributed by atoms with Crippen LogP contribution >= 0.6 is 0 Å². The molecule has 1 rings (SSSR count). The lowest BCUT2D eigenvalue weighted by Gasteiger charge is -2.16. The van der Waals surface area contributed by atoms with E-state index in [4.69, 9.17) is 0 Å². The molecule has 1 unspecified atom stereocenters. The molecule has 0 spiro atoms. The lowest BCUT2D eigenvalue weighted by molar-refractivity contribution is 0.622. The van der Waals surface area contributed by atoms with Gasteiger partial charge in [0.25, 0.3) is 0 Å². The van der Waals surface area contributed by atoms with Gasteiger partial charge in [0.1, 0.15) is 11.5 Å². The van der Waals surface area contributed by atoms with Gasteiger partial charge in [-0.15, -0.1) is 0 Å². The summed E-state index contributed by atoms with van der Waals surface area (Å²) < 4.78 is 13.9. The molecule has 0 amide bonds. The lowest BCUT2D eigenvalue weighted by atomic mass is 9.92. The van der Waals surface area contributed by atoms with Crippen LogP contribution < -0.4 is 0 Å². The van der Waals surface area contributed by atoms with E-state index in [1.165, 1.54) is 11.6 Å². The molecule has 0 radical (unpaired) electrons. The minimum atomic E-state index is -0.248. The summed E-state index contributed by atoms with van der Waals surface area (Å²) in [6, 6.07) is 5.17. The van der Waals surface area contributed by atoms with Crippen molar-refractivity contribution in [2.45, 2.75) is 46.5 Å². The number of rotatable bonds is 5. The van der Waals surface area contributed by atoms with Crippen molar-refractivity contribution >= 4 is 11.4 Å². The molecule has 1 aromatic rings. The van der Waals surface area contributed by atoms with Gasteiger partial charge in [0.2, 0.25) is 0 Å². The van der Waals surface area contributed by atoms with Crippen molar-refractivity contribution in [3.8, 4) is 0 Å². The third kappa shape index (κ3) is 3.80. The summed E-state index contributed by atoms with van der Waals surface area (Å²) in [5, 5.41) is 0. The third-order valence-corrected chi connectivity index (χ3v) is 2.98. The highest BCUT2D eigenvalue weighted by molar-refractivity contribution is 5.82. The molecule has 0 aliphatic carbocycles. The first-order chi connectivity index (χ1) is 8.45. The third-order valence-electron chi connectivity index (χ3n) is 2.98. The first kappa shape index (κ1) is 14.6. The van der Waals surface area contributed by atoms with Crippen LogP contribution in [0.3, 0.4) is 0 Å². The largest absolute Gasteiger partial charge is 0.255 e. The Balaban J connectivity index is 3.11. The Kier molecular flexibility index (Phi) is 5.26. The number of aliphatic imine (C=N–C) groups is 1. The number of nitrogens with zero attached hydrogens (tertiary/aromatic N) is 1. The molecule has 98 valence electrons. The molecule has 2 heteroatoms. The van der Waals surface area contributed by atoms with E-state index in [2.05, 4.69) is 25.4 Å². The van der Waals surface area contributed by atoms with Gasteiger partial charge >= 0.3 is 0 Å². The Hall–Kier alpha value is -1.44. The Morgan fingerprint density at radius 3 is 2.61 bits per heavy atom. The highest BCUT2D eigenvalue weighted by Crippen LogP contribution is 2.33. The Morgan fingerprint density at radius 2 is 2.06 bits per heavy atom. The lowest BCUT2D eigenvalue weighted by Crippen LogP contribution is -1.98. The normalized spacial score (nSPS) is 12.1. The van der Waals surface area contributed by atoms with E-state index in [1.54, 1.807) is 6.07 Å². The first-order valence-electron chi connectivity index (χ1n) is 6.42.